The van der Waals surface area contributed by atoms with Crippen LogP contribution in [-0.4, -0.2) is 36.3 Å². The van der Waals surface area contributed by atoms with Gasteiger partial charge < -0.3 is 19.9 Å². The molecule has 1 fully saturated rings. The first-order valence-corrected chi connectivity index (χ1v) is 9.46. The maximum absolute atomic E-state index is 12.7. The topological polar surface area (TPSA) is 84.9 Å². The van der Waals surface area contributed by atoms with Gasteiger partial charge in [0.15, 0.2) is 0 Å². The van der Waals surface area contributed by atoms with Crippen molar-refractivity contribution in [3.05, 3.63) is 65.2 Å². The Morgan fingerprint density at radius 1 is 1.14 bits per heavy atom. The molecule has 0 aliphatic carbocycles. The van der Waals surface area contributed by atoms with Gasteiger partial charge in [-0.1, -0.05) is 30.3 Å². The maximum Gasteiger partial charge on any atom is 0.310 e. The van der Waals surface area contributed by atoms with Crippen LogP contribution >= 0.6 is 0 Å². The van der Waals surface area contributed by atoms with Gasteiger partial charge in [0.1, 0.15) is 0 Å². The van der Waals surface area contributed by atoms with Crippen molar-refractivity contribution >= 4 is 17.6 Å². The second-order valence-corrected chi connectivity index (χ2v) is 6.92. The van der Waals surface area contributed by atoms with Gasteiger partial charge in [0.25, 0.3) is 5.91 Å². The summed E-state index contributed by atoms with van der Waals surface area (Å²) in [4.78, 5) is 23.8. The highest BCUT2D eigenvalue weighted by Crippen LogP contribution is 2.20. The Morgan fingerprint density at radius 3 is 2.50 bits per heavy atom. The number of rotatable bonds is 7. The minimum Gasteiger partial charge on any atom is -0.481 e. The molecule has 2 N–H and O–H groups in total. The van der Waals surface area contributed by atoms with Crippen molar-refractivity contribution < 1.29 is 24.2 Å². The molecule has 6 nitrogen and oxygen atoms in total. The number of ether oxygens (including phenoxy) is 2. The number of carbonyl (C=O) groups is 2. The molecule has 0 bridgehead atoms. The fourth-order valence-electron chi connectivity index (χ4n) is 3.11. The summed E-state index contributed by atoms with van der Waals surface area (Å²) in [6.45, 7) is 3.43. The van der Waals surface area contributed by atoms with E-state index in [0.29, 0.717) is 36.6 Å². The van der Waals surface area contributed by atoms with Crippen molar-refractivity contribution in [2.24, 2.45) is 0 Å². The zero-order valence-electron chi connectivity index (χ0n) is 15.9. The highest BCUT2D eigenvalue weighted by atomic mass is 16.5. The summed E-state index contributed by atoms with van der Waals surface area (Å²) in [6.07, 6.45) is 1.90. The van der Waals surface area contributed by atoms with E-state index in [1.165, 1.54) is 0 Å². The molecule has 0 saturated carbocycles. The minimum atomic E-state index is -0.879. The van der Waals surface area contributed by atoms with Crippen LogP contribution in [0, 0.1) is 0 Å². The van der Waals surface area contributed by atoms with E-state index in [2.05, 4.69) is 5.32 Å². The molecule has 1 saturated heterocycles. The highest BCUT2D eigenvalue weighted by Gasteiger charge is 2.17. The average Bonchev–Trinajstić information content (AvgIpc) is 2.73. The number of hydrogen-bond acceptors (Lipinski definition) is 4. The van der Waals surface area contributed by atoms with Gasteiger partial charge in [-0.25, -0.2) is 0 Å². The van der Waals surface area contributed by atoms with Gasteiger partial charge in [-0.05, 0) is 49.1 Å². The van der Waals surface area contributed by atoms with Crippen LogP contribution in [0.5, 0.6) is 0 Å². The molecule has 1 aliphatic heterocycles. The molecule has 148 valence electrons. The van der Waals surface area contributed by atoms with Crippen molar-refractivity contribution in [1.82, 2.24) is 0 Å². The van der Waals surface area contributed by atoms with Crippen LogP contribution in [0.2, 0.25) is 0 Å². The SMILES string of the molecule is CC(C(=O)O)c1ccc(NC(=O)c2ccccc2COC2CCOCC2)cc1. The van der Waals surface area contributed by atoms with E-state index >= 15 is 0 Å². The quantitative estimate of drug-likeness (QED) is 0.759. The van der Waals surface area contributed by atoms with Crippen LogP contribution in [-0.2, 0) is 20.9 Å². The van der Waals surface area contributed by atoms with Crippen LogP contribution < -0.4 is 5.32 Å². The summed E-state index contributed by atoms with van der Waals surface area (Å²) in [5.74, 6) is -1.69. The first kappa shape index (κ1) is 20.0. The number of carboxylic acids is 1. The lowest BCUT2D eigenvalue weighted by Crippen LogP contribution is -2.24. The third-order valence-electron chi connectivity index (χ3n) is 4.94. The Morgan fingerprint density at radius 2 is 1.82 bits per heavy atom. The molecule has 28 heavy (non-hydrogen) atoms. The van der Waals surface area contributed by atoms with Crippen molar-refractivity contribution in [1.29, 1.82) is 0 Å². The average molecular weight is 383 g/mol. The molecule has 1 unspecified atom stereocenters. The molecule has 1 amide bonds. The lowest BCUT2D eigenvalue weighted by atomic mass is 10.0. The molecule has 1 aliphatic rings. The van der Waals surface area contributed by atoms with Crippen LogP contribution in [0.25, 0.3) is 0 Å². The standard InChI is InChI=1S/C22H25NO5/c1-15(22(25)26)16-6-8-18(9-7-16)23-21(24)20-5-3-2-4-17(20)14-28-19-10-12-27-13-11-19/h2-9,15,19H,10-14H2,1H3,(H,23,24)(H,25,26). The third-order valence-corrected chi connectivity index (χ3v) is 4.94. The predicted octanol–water partition coefficient (Wildman–Crippen LogP) is 3.82. The fourth-order valence-corrected chi connectivity index (χ4v) is 3.11. The molecule has 0 spiro atoms. The normalized spacial score (nSPS) is 15.8. The van der Waals surface area contributed by atoms with Crippen molar-refractivity contribution in [3.8, 4) is 0 Å². The van der Waals surface area contributed by atoms with Crippen molar-refractivity contribution in [3.63, 3.8) is 0 Å². The number of benzene rings is 2. The number of nitrogens with one attached hydrogen (secondary N) is 1. The minimum absolute atomic E-state index is 0.161. The molecular formula is C22H25NO5. The molecular weight excluding hydrogens is 358 g/mol. The van der Waals surface area contributed by atoms with E-state index in [0.717, 1.165) is 18.4 Å². The van der Waals surface area contributed by atoms with Crippen LogP contribution in [0.4, 0.5) is 5.69 Å². The van der Waals surface area contributed by atoms with Crippen LogP contribution in [0.3, 0.4) is 0 Å². The Bertz CT molecular complexity index is 812. The van der Waals surface area contributed by atoms with E-state index in [1.54, 1.807) is 37.3 Å². The van der Waals surface area contributed by atoms with E-state index in [1.807, 2.05) is 18.2 Å². The lowest BCUT2D eigenvalue weighted by Gasteiger charge is -2.23. The monoisotopic (exact) mass is 383 g/mol. The lowest BCUT2D eigenvalue weighted by molar-refractivity contribution is -0.138. The summed E-state index contributed by atoms with van der Waals surface area (Å²) >= 11 is 0. The summed E-state index contributed by atoms with van der Waals surface area (Å²) in [5.41, 5.74) is 2.71. The summed E-state index contributed by atoms with van der Waals surface area (Å²) in [5, 5.41) is 12.0. The molecule has 1 atom stereocenters. The largest absolute Gasteiger partial charge is 0.481 e. The zero-order valence-corrected chi connectivity index (χ0v) is 15.9. The van der Waals surface area contributed by atoms with Crippen LogP contribution in [0.15, 0.2) is 48.5 Å². The smallest absolute Gasteiger partial charge is 0.310 e. The molecule has 2 aromatic carbocycles. The van der Waals surface area contributed by atoms with Crippen molar-refractivity contribution in [2.45, 2.75) is 38.4 Å². The molecule has 3 rings (SSSR count). The number of aliphatic carboxylic acids is 1. The number of hydrogen-bond donors (Lipinski definition) is 2. The second kappa shape index (κ2) is 9.48. The zero-order chi connectivity index (χ0) is 19.9. The molecule has 1 heterocycles. The van der Waals surface area contributed by atoms with Crippen molar-refractivity contribution in [2.75, 3.05) is 18.5 Å². The Balaban J connectivity index is 1.64. The number of anilines is 1. The predicted molar refractivity (Wildman–Crippen MR) is 106 cm³/mol. The molecule has 0 aromatic heterocycles. The van der Waals surface area contributed by atoms with Gasteiger partial charge in [0, 0.05) is 24.5 Å². The summed E-state index contributed by atoms with van der Waals surface area (Å²) in [7, 11) is 0. The Hall–Kier alpha value is -2.70. The van der Waals surface area contributed by atoms with Gasteiger partial charge in [-0.3, -0.25) is 9.59 Å². The van der Waals surface area contributed by atoms with Gasteiger partial charge in [0.05, 0.1) is 18.6 Å². The van der Waals surface area contributed by atoms with E-state index < -0.39 is 11.9 Å². The van der Waals surface area contributed by atoms with Gasteiger partial charge in [-0.15, -0.1) is 0 Å². The fraction of sp³-hybridized carbons (Fsp3) is 0.364. The third kappa shape index (κ3) is 5.18. The number of amides is 1. The second-order valence-electron chi connectivity index (χ2n) is 6.92. The molecule has 6 heteroatoms. The van der Waals surface area contributed by atoms with E-state index in [-0.39, 0.29) is 12.0 Å². The summed E-state index contributed by atoms with van der Waals surface area (Å²) < 4.78 is 11.3. The van der Waals surface area contributed by atoms with Gasteiger partial charge >= 0.3 is 5.97 Å². The number of carbonyl (C=O) groups excluding carboxylic acids is 1. The first-order chi connectivity index (χ1) is 13.5. The first-order valence-electron chi connectivity index (χ1n) is 9.46. The molecule has 2 aromatic rings. The highest BCUT2D eigenvalue weighted by molar-refractivity contribution is 6.05. The number of carboxylic acid groups (broad SMARTS) is 1. The van der Waals surface area contributed by atoms with Gasteiger partial charge in [-0.2, -0.15) is 0 Å². The van der Waals surface area contributed by atoms with Gasteiger partial charge in [0.2, 0.25) is 0 Å². The maximum atomic E-state index is 12.7. The van der Waals surface area contributed by atoms with Crippen LogP contribution in [0.1, 0.15) is 47.2 Å². The van der Waals surface area contributed by atoms with E-state index in [4.69, 9.17) is 14.6 Å². The summed E-state index contributed by atoms with van der Waals surface area (Å²) in [6, 6.07) is 14.3. The van der Waals surface area contributed by atoms with E-state index in [9.17, 15) is 9.59 Å². The Labute approximate surface area is 164 Å². The Kier molecular flexibility index (Phi) is 6.79. The molecule has 0 radical (unpaired) electrons.